The minimum absolute atomic E-state index is 0.0607. The molecule has 4 unspecified atom stereocenters. The van der Waals surface area contributed by atoms with Crippen LogP contribution in [-0.2, 0) is 14.3 Å². The van der Waals surface area contributed by atoms with Gasteiger partial charge in [0.1, 0.15) is 0 Å². The largest absolute Gasteiger partial charge is 0.393 e. The van der Waals surface area contributed by atoms with E-state index in [1.807, 2.05) is 0 Å². The average molecular weight is 304 g/mol. The molecule has 4 atom stereocenters. The third kappa shape index (κ3) is 1.50. The van der Waals surface area contributed by atoms with Crippen LogP contribution < -0.4 is 0 Å². The SMILES string of the molecule is Cc1ccc2c(c1)C1c3ccc(C)cc3C2C2C(=O)OC(=O)C12. The molecule has 0 spiro atoms. The Bertz CT molecular complexity index is 822. The number of esters is 2. The smallest absolute Gasteiger partial charge is 0.318 e. The zero-order chi connectivity index (χ0) is 15.9. The van der Waals surface area contributed by atoms with Crippen LogP contribution in [0, 0.1) is 25.7 Å². The molecule has 114 valence electrons. The first-order valence-corrected chi connectivity index (χ1v) is 8.02. The normalized spacial score (nSPS) is 29.8. The molecule has 3 aliphatic carbocycles. The molecule has 3 heteroatoms. The van der Waals surface area contributed by atoms with Crippen LogP contribution in [0.1, 0.15) is 45.2 Å². The Morgan fingerprint density at radius 1 is 0.696 bits per heavy atom. The van der Waals surface area contributed by atoms with Gasteiger partial charge in [-0.2, -0.15) is 0 Å². The Hall–Kier alpha value is -2.42. The molecule has 0 saturated carbocycles. The highest BCUT2D eigenvalue weighted by Gasteiger charge is 2.60. The van der Waals surface area contributed by atoms with Crippen molar-refractivity contribution in [2.75, 3.05) is 0 Å². The molecule has 1 aliphatic heterocycles. The van der Waals surface area contributed by atoms with E-state index in [0.29, 0.717) is 0 Å². The number of rotatable bonds is 0. The van der Waals surface area contributed by atoms with Crippen LogP contribution in [0.3, 0.4) is 0 Å². The molecular weight excluding hydrogens is 288 g/mol. The summed E-state index contributed by atoms with van der Waals surface area (Å²) in [5.74, 6) is -1.56. The summed E-state index contributed by atoms with van der Waals surface area (Å²) >= 11 is 0. The fourth-order valence-corrected chi connectivity index (χ4v) is 4.82. The van der Waals surface area contributed by atoms with Gasteiger partial charge in [-0.1, -0.05) is 47.5 Å². The van der Waals surface area contributed by atoms with Crippen molar-refractivity contribution in [3.8, 4) is 0 Å². The number of cyclic esters (lactones) is 2. The van der Waals surface area contributed by atoms with Crippen LogP contribution in [0.2, 0.25) is 0 Å². The molecule has 3 nitrogen and oxygen atoms in total. The van der Waals surface area contributed by atoms with Crippen molar-refractivity contribution >= 4 is 11.9 Å². The minimum atomic E-state index is -0.364. The van der Waals surface area contributed by atoms with Gasteiger partial charge in [0.05, 0.1) is 11.8 Å². The first-order chi connectivity index (χ1) is 11.1. The minimum Gasteiger partial charge on any atom is -0.393 e. The van der Waals surface area contributed by atoms with Gasteiger partial charge in [0.15, 0.2) is 0 Å². The van der Waals surface area contributed by atoms with Crippen molar-refractivity contribution in [2.45, 2.75) is 25.7 Å². The maximum Gasteiger partial charge on any atom is 0.318 e. The predicted molar refractivity (Wildman–Crippen MR) is 84.1 cm³/mol. The lowest BCUT2D eigenvalue weighted by atomic mass is 9.54. The molecule has 2 aromatic rings. The van der Waals surface area contributed by atoms with E-state index in [2.05, 4.69) is 50.2 Å². The van der Waals surface area contributed by atoms with Gasteiger partial charge < -0.3 is 4.74 Å². The average Bonchev–Trinajstić information content (AvgIpc) is 2.82. The van der Waals surface area contributed by atoms with Gasteiger partial charge in [-0.15, -0.1) is 0 Å². The fourth-order valence-electron chi connectivity index (χ4n) is 4.82. The topological polar surface area (TPSA) is 43.4 Å². The summed E-state index contributed by atoms with van der Waals surface area (Å²) in [6.45, 7) is 4.13. The molecule has 1 saturated heterocycles. The second kappa shape index (κ2) is 4.10. The van der Waals surface area contributed by atoms with Crippen LogP contribution in [0.25, 0.3) is 0 Å². The maximum absolute atomic E-state index is 12.3. The van der Waals surface area contributed by atoms with Crippen LogP contribution in [0.5, 0.6) is 0 Å². The second-order valence-corrected chi connectivity index (χ2v) is 7.01. The Balaban J connectivity index is 1.86. The molecule has 23 heavy (non-hydrogen) atoms. The van der Waals surface area contributed by atoms with Crippen molar-refractivity contribution in [3.05, 3.63) is 69.8 Å². The third-order valence-corrected chi connectivity index (χ3v) is 5.68. The first kappa shape index (κ1) is 13.1. The molecule has 1 heterocycles. The van der Waals surface area contributed by atoms with Crippen LogP contribution in [0.15, 0.2) is 36.4 Å². The Kier molecular flexibility index (Phi) is 2.33. The summed E-state index contributed by atoms with van der Waals surface area (Å²) in [5, 5.41) is 0. The van der Waals surface area contributed by atoms with Gasteiger partial charge >= 0.3 is 11.9 Å². The molecule has 0 aromatic heterocycles. The molecule has 1 fully saturated rings. The molecule has 0 radical (unpaired) electrons. The van der Waals surface area contributed by atoms with Crippen molar-refractivity contribution in [1.29, 1.82) is 0 Å². The zero-order valence-electron chi connectivity index (χ0n) is 13.0. The van der Waals surface area contributed by atoms with E-state index in [0.717, 1.165) is 0 Å². The van der Waals surface area contributed by atoms with E-state index in [9.17, 15) is 9.59 Å². The molecule has 2 bridgehead atoms. The van der Waals surface area contributed by atoms with E-state index in [1.165, 1.54) is 33.4 Å². The fraction of sp³-hybridized carbons (Fsp3) is 0.300. The number of ether oxygens (including phenoxy) is 1. The highest BCUT2D eigenvalue weighted by Crippen LogP contribution is 2.60. The monoisotopic (exact) mass is 304 g/mol. The Morgan fingerprint density at radius 2 is 1.13 bits per heavy atom. The van der Waals surface area contributed by atoms with E-state index in [-0.39, 0.29) is 35.6 Å². The number of aryl methyl sites for hydroxylation is 2. The van der Waals surface area contributed by atoms with Crippen molar-refractivity contribution < 1.29 is 14.3 Å². The van der Waals surface area contributed by atoms with Crippen molar-refractivity contribution in [1.82, 2.24) is 0 Å². The number of hydrogen-bond donors (Lipinski definition) is 0. The van der Waals surface area contributed by atoms with E-state index >= 15 is 0 Å². The number of hydrogen-bond acceptors (Lipinski definition) is 3. The predicted octanol–water partition coefficient (Wildman–Crippen LogP) is 3.21. The lowest BCUT2D eigenvalue weighted by Crippen LogP contribution is -2.41. The molecule has 0 N–H and O–H groups in total. The molecule has 2 aromatic carbocycles. The van der Waals surface area contributed by atoms with Gasteiger partial charge in [0.25, 0.3) is 0 Å². The van der Waals surface area contributed by atoms with Crippen LogP contribution in [0.4, 0.5) is 0 Å². The highest BCUT2D eigenvalue weighted by atomic mass is 16.6. The summed E-state index contributed by atoms with van der Waals surface area (Å²) < 4.78 is 5.03. The Morgan fingerprint density at radius 3 is 1.57 bits per heavy atom. The van der Waals surface area contributed by atoms with Gasteiger partial charge in [-0.3, -0.25) is 9.59 Å². The summed E-state index contributed by atoms with van der Waals surface area (Å²) in [5.41, 5.74) is 7.12. The lowest BCUT2D eigenvalue weighted by Gasteiger charge is -2.45. The van der Waals surface area contributed by atoms with E-state index in [4.69, 9.17) is 4.74 Å². The van der Waals surface area contributed by atoms with E-state index in [1.54, 1.807) is 0 Å². The lowest BCUT2D eigenvalue weighted by molar-refractivity contribution is -0.153. The summed E-state index contributed by atoms with van der Waals surface area (Å²) in [4.78, 5) is 24.7. The van der Waals surface area contributed by atoms with Crippen molar-refractivity contribution in [2.24, 2.45) is 11.8 Å². The number of carbonyl (C=O) groups is 2. The van der Waals surface area contributed by atoms with Crippen molar-refractivity contribution in [3.63, 3.8) is 0 Å². The van der Waals surface area contributed by atoms with Crippen LogP contribution >= 0.6 is 0 Å². The Labute approximate surface area is 134 Å². The molecule has 4 aliphatic rings. The van der Waals surface area contributed by atoms with Gasteiger partial charge in [0.2, 0.25) is 0 Å². The first-order valence-electron chi connectivity index (χ1n) is 8.02. The quantitative estimate of drug-likeness (QED) is 0.554. The summed E-state index contributed by atoms with van der Waals surface area (Å²) in [6, 6.07) is 12.8. The maximum atomic E-state index is 12.3. The molecule has 6 rings (SSSR count). The van der Waals surface area contributed by atoms with E-state index < -0.39 is 0 Å². The summed E-state index contributed by atoms with van der Waals surface area (Å²) in [6.07, 6.45) is 0. The van der Waals surface area contributed by atoms with Gasteiger partial charge in [-0.25, -0.2) is 0 Å². The number of carbonyl (C=O) groups excluding carboxylic acids is 2. The zero-order valence-corrected chi connectivity index (χ0v) is 13.0. The van der Waals surface area contributed by atoms with Gasteiger partial charge in [0, 0.05) is 11.8 Å². The van der Waals surface area contributed by atoms with Gasteiger partial charge in [-0.05, 0) is 36.1 Å². The third-order valence-electron chi connectivity index (χ3n) is 5.68. The second-order valence-electron chi connectivity index (χ2n) is 7.01. The molecule has 0 amide bonds. The van der Waals surface area contributed by atoms with Crippen LogP contribution in [-0.4, -0.2) is 11.9 Å². The molecular formula is C20H16O3. The summed E-state index contributed by atoms with van der Waals surface area (Å²) in [7, 11) is 0. The number of benzene rings is 2. The standard InChI is InChI=1S/C20H16O3/c1-9-3-5-11-13(7-9)15-12-6-4-10(2)8-14(12)16(11)18-17(15)19(21)23-20(18)22/h3-8,15-18H,1-2H3. The highest BCUT2D eigenvalue weighted by molar-refractivity contribution is 6.00.